The first-order valence-corrected chi connectivity index (χ1v) is 8.41. The number of nitrogens with zero attached hydrogens (tertiary/aromatic N) is 1. The van der Waals surface area contributed by atoms with E-state index in [1.807, 2.05) is 0 Å². The molecule has 2 amide bonds. The van der Waals surface area contributed by atoms with Crippen molar-refractivity contribution < 1.29 is 28.8 Å². The summed E-state index contributed by atoms with van der Waals surface area (Å²) in [5.41, 5.74) is -0.165. The van der Waals surface area contributed by atoms with E-state index in [0.717, 1.165) is 0 Å². The average molecular weight is 377 g/mol. The third kappa shape index (κ3) is 5.19. The molecule has 0 aromatic heterocycles. The van der Waals surface area contributed by atoms with Crippen LogP contribution in [0.15, 0.2) is 24.3 Å². The quantitative estimate of drug-likeness (QED) is 0.337. The first kappa shape index (κ1) is 19.7. The van der Waals surface area contributed by atoms with Crippen molar-refractivity contribution >= 4 is 40.8 Å². The number of hydroxylamine groups is 2. The van der Waals surface area contributed by atoms with Gasteiger partial charge in [-0.25, -0.2) is 4.79 Å². The highest BCUT2D eigenvalue weighted by molar-refractivity contribution is 7.80. The maximum atomic E-state index is 12.3. The smallest absolute Gasteiger partial charge is 0.338 e. The van der Waals surface area contributed by atoms with Gasteiger partial charge >= 0.3 is 5.97 Å². The van der Waals surface area contributed by atoms with Crippen molar-refractivity contribution in [3.05, 3.63) is 35.4 Å². The SMILES string of the molecule is CC(C)(C)OC(=O)c1cccc(C(=O)CC(=S)ON2C(=O)CCC2=O)c1. The van der Waals surface area contributed by atoms with Crippen LogP contribution in [0.3, 0.4) is 0 Å². The number of benzene rings is 1. The second kappa shape index (κ2) is 7.74. The Labute approximate surface area is 156 Å². The highest BCUT2D eigenvalue weighted by atomic mass is 32.1. The van der Waals surface area contributed by atoms with Crippen LogP contribution in [0.5, 0.6) is 0 Å². The summed E-state index contributed by atoms with van der Waals surface area (Å²) in [5, 5.41) is 0.397. The van der Waals surface area contributed by atoms with E-state index in [1.165, 1.54) is 12.1 Å². The normalized spacial score (nSPS) is 14.3. The van der Waals surface area contributed by atoms with Gasteiger partial charge in [0.25, 0.3) is 11.8 Å². The molecule has 1 aromatic rings. The predicted molar refractivity (Wildman–Crippen MR) is 95.3 cm³/mol. The molecule has 0 radical (unpaired) electrons. The van der Waals surface area contributed by atoms with Gasteiger partial charge in [0.1, 0.15) is 5.60 Å². The van der Waals surface area contributed by atoms with E-state index >= 15 is 0 Å². The van der Waals surface area contributed by atoms with Gasteiger partial charge in [-0.05, 0) is 45.1 Å². The number of carbonyl (C=O) groups is 4. The molecule has 1 aromatic carbocycles. The second-order valence-corrected chi connectivity index (χ2v) is 7.18. The first-order valence-electron chi connectivity index (χ1n) is 8.00. The molecule has 0 aliphatic carbocycles. The number of rotatable bonds is 5. The summed E-state index contributed by atoms with van der Waals surface area (Å²) in [6.07, 6.45) is -0.176. The van der Waals surface area contributed by atoms with Gasteiger partial charge in [-0.2, -0.15) is 0 Å². The van der Waals surface area contributed by atoms with Crippen LogP contribution >= 0.6 is 12.2 Å². The lowest BCUT2D eigenvalue weighted by Gasteiger charge is -2.19. The maximum absolute atomic E-state index is 12.3. The molecule has 0 saturated carbocycles. The summed E-state index contributed by atoms with van der Waals surface area (Å²) < 4.78 is 5.27. The third-order valence-electron chi connectivity index (χ3n) is 3.32. The van der Waals surface area contributed by atoms with Crippen LogP contribution in [-0.4, -0.2) is 39.3 Å². The molecular weight excluding hydrogens is 358 g/mol. The van der Waals surface area contributed by atoms with Gasteiger partial charge in [0, 0.05) is 18.4 Å². The Morgan fingerprint density at radius 3 is 2.27 bits per heavy atom. The van der Waals surface area contributed by atoms with Gasteiger partial charge in [0.05, 0.1) is 12.0 Å². The molecule has 1 fully saturated rings. The van der Waals surface area contributed by atoms with Crippen molar-refractivity contribution in [1.29, 1.82) is 0 Å². The largest absolute Gasteiger partial charge is 0.456 e. The summed E-state index contributed by atoms with van der Waals surface area (Å²) in [4.78, 5) is 52.5. The molecule has 8 heteroatoms. The van der Waals surface area contributed by atoms with Crippen LogP contribution in [0.1, 0.15) is 60.7 Å². The highest BCUT2D eigenvalue weighted by Gasteiger charge is 2.32. The molecule has 7 nitrogen and oxygen atoms in total. The van der Waals surface area contributed by atoms with Crippen LogP contribution in [0.4, 0.5) is 0 Å². The fourth-order valence-corrected chi connectivity index (χ4v) is 2.39. The lowest BCUT2D eigenvalue weighted by molar-refractivity contribution is -0.167. The standard InChI is InChI=1S/C18H19NO6S/c1-18(2,3)24-17(23)12-6-4-5-11(9-12)13(20)10-16(26)25-19-14(21)7-8-15(19)22/h4-6,9H,7-8,10H2,1-3H3. The summed E-state index contributed by atoms with van der Waals surface area (Å²) in [6, 6.07) is 6.04. The minimum atomic E-state index is -0.651. The van der Waals surface area contributed by atoms with Gasteiger partial charge in [0.2, 0.25) is 5.05 Å². The Hall–Kier alpha value is -2.61. The highest BCUT2D eigenvalue weighted by Crippen LogP contribution is 2.16. The van der Waals surface area contributed by atoms with E-state index in [0.29, 0.717) is 5.06 Å². The summed E-state index contributed by atoms with van der Waals surface area (Å²) >= 11 is 4.95. The van der Waals surface area contributed by atoms with E-state index in [9.17, 15) is 19.2 Å². The van der Waals surface area contributed by atoms with E-state index in [4.69, 9.17) is 21.8 Å². The number of hydrogen-bond donors (Lipinski definition) is 0. The number of ketones is 1. The summed E-state index contributed by atoms with van der Waals surface area (Å²) in [7, 11) is 0. The molecule has 0 unspecified atom stereocenters. The molecule has 1 aliphatic rings. The zero-order valence-corrected chi connectivity index (χ0v) is 15.6. The van der Waals surface area contributed by atoms with E-state index < -0.39 is 29.2 Å². The number of imide groups is 1. The van der Waals surface area contributed by atoms with Gasteiger partial charge in [-0.15, -0.1) is 5.06 Å². The van der Waals surface area contributed by atoms with Gasteiger partial charge in [0.15, 0.2) is 5.78 Å². The average Bonchev–Trinajstić information content (AvgIpc) is 2.85. The Bertz CT molecular complexity index is 764. The van der Waals surface area contributed by atoms with Crippen molar-refractivity contribution in [2.75, 3.05) is 0 Å². The molecule has 0 bridgehead atoms. The number of esters is 1. The molecule has 138 valence electrons. The van der Waals surface area contributed by atoms with E-state index in [-0.39, 0.29) is 35.4 Å². The van der Waals surface area contributed by atoms with Crippen LogP contribution in [0, 0.1) is 0 Å². The Morgan fingerprint density at radius 1 is 1.12 bits per heavy atom. The zero-order valence-electron chi connectivity index (χ0n) is 14.7. The lowest BCUT2D eigenvalue weighted by atomic mass is 10.1. The summed E-state index contributed by atoms with van der Waals surface area (Å²) in [5.74, 6) is -1.92. The molecule has 0 spiro atoms. The Morgan fingerprint density at radius 2 is 1.69 bits per heavy atom. The maximum Gasteiger partial charge on any atom is 0.338 e. The molecule has 0 atom stereocenters. The third-order valence-corrected chi connectivity index (χ3v) is 3.54. The predicted octanol–water partition coefficient (Wildman–Crippen LogP) is 2.62. The number of ether oxygens (including phenoxy) is 1. The fraction of sp³-hybridized carbons (Fsp3) is 0.389. The number of Topliss-reactive ketones (excluding diaryl/α,β-unsaturated/α-hetero) is 1. The monoisotopic (exact) mass is 377 g/mol. The molecule has 1 saturated heterocycles. The van der Waals surface area contributed by atoms with E-state index in [1.54, 1.807) is 32.9 Å². The van der Waals surface area contributed by atoms with Crippen molar-refractivity contribution in [2.45, 2.75) is 45.6 Å². The molecular formula is C18H19NO6S. The van der Waals surface area contributed by atoms with Crippen molar-refractivity contribution in [2.24, 2.45) is 0 Å². The molecule has 1 heterocycles. The number of amides is 2. The number of carbonyl (C=O) groups excluding carboxylic acids is 4. The van der Waals surface area contributed by atoms with E-state index in [2.05, 4.69) is 0 Å². The summed E-state index contributed by atoms with van der Waals surface area (Å²) in [6.45, 7) is 5.24. The number of hydrogen-bond acceptors (Lipinski definition) is 7. The minimum Gasteiger partial charge on any atom is -0.456 e. The first-order chi connectivity index (χ1) is 12.1. The lowest BCUT2D eigenvalue weighted by Crippen LogP contribution is -2.32. The topological polar surface area (TPSA) is 90.0 Å². The van der Waals surface area contributed by atoms with Gasteiger partial charge in [-0.1, -0.05) is 12.1 Å². The molecule has 26 heavy (non-hydrogen) atoms. The molecule has 1 aliphatic heterocycles. The van der Waals surface area contributed by atoms with Crippen LogP contribution in [-0.2, 0) is 19.2 Å². The van der Waals surface area contributed by atoms with Crippen LogP contribution in [0.25, 0.3) is 0 Å². The minimum absolute atomic E-state index is 0.0628. The number of thiocarbonyl (C=S) groups is 1. The van der Waals surface area contributed by atoms with Crippen molar-refractivity contribution in [3.63, 3.8) is 0 Å². The van der Waals surface area contributed by atoms with Crippen LogP contribution < -0.4 is 0 Å². The van der Waals surface area contributed by atoms with Crippen LogP contribution in [0.2, 0.25) is 0 Å². The van der Waals surface area contributed by atoms with Crippen molar-refractivity contribution in [3.8, 4) is 0 Å². The fourth-order valence-electron chi connectivity index (χ4n) is 2.18. The molecule has 2 rings (SSSR count). The van der Waals surface area contributed by atoms with Gasteiger partial charge < -0.3 is 9.57 Å². The molecule has 0 N–H and O–H groups in total. The van der Waals surface area contributed by atoms with Gasteiger partial charge in [-0.3, -0.25) is 14.4 Å². The Balaban J connectivity index is 2.02. The zero-order chi connectivity index (χ0) is 19.5. The Kier molecular flexibility index (Phi) is 5.86. The van der Waals surface area contributed by atoms with Crippen molar-refractivity contribution in [1.82, 2.24) is 5.06 Å². The second-order valence-electron chi connectivity index (χ2n) is 6.73.